The van der Waals surface area contributed by atoms with E-state index in [9.17, 15) is 14.0 Å². The van der Waals surface area contributed by atoms with Gasteiger partial charge in [0.05, 0.1) is 7.11 Å². The van der Waals surface area contributed by atoms with Crippen LogP contribution >= 0.6 is 11.6 Å². The molecule has 1 aromatic rings. The molecule has 0 heterocycles. The highest BCUT2D eigenvalue weighted by Crippen LogP contribution is 2.19. The van der Waals surface area contributed by atoms with E-state index in [0.29, 0.717) is 0 Å². The number of hydrogen-bond donors (Lipinski definition) is 0. The van der Waals surface area contributed by atoms with Crippen molar-refractivity contribution in [3.8, 4) is 0 Å². The molecular weight excluding hydrogens is 223 g/mol. The van der Waals surface area contributed by atoms with Gasteiger partial charge in [-0.25, -0.2) is 9.18 Å². The molecule has 80 valence electrons. The van der Waals surface area contributed by atoms with Crippen molar-refractivity contribution >= 4 is 23.4 Å². The van der Waals surface area contributed by atoms with Crippen LogP contribution in [0.1, 0.15) is 5.56 Å². The van der Waals surface area contributed by atoms with Crippen LogP contribution in [0, 0.1) is 5.82 Å². The van der Waals surface area contributed by atoms with Gasteiger partial charge >= 0.3 is 5.97 Å². The van der Waals surface area contributed by atoms with Crippen LogP contribution in [0.25, 0.3) is 0 Å². The number of rotatable bonds is 3. The van der Waals surface area contributed by atoms with E-state index in [4.69, 9.17) is 11.6 Å². The van der Waals surface area contributed by atoms with Crippen LogP contribution < -0.4 is 0 Å². The van der Waals surface area contributed by atoms with E-state index < -0.39 is 24.0 Å². The molecule has 5 heteroatoms. The molecule has 0 saturated heterocycles. The van der Waals surface area contributed by atoms with Crippen LogP contribution in [0.15, 0.2) is 18.2 Å². The summed E-state index contributed by atoms with van der Waals surface area (Å²) in [5.41, 5.74) is 0.00886. The number of ether oxygens (including phenoxy) is 1. The van der Waals surface area contributed by atoms with E-state index in [1.54, 1.807) is 0 Å². The summed E-state index contributed by atoms with van der Waals surface area (Å²) < 4.78 is 17.4. The van der Waals surface area contributed by atoms with Crippen LogP contribution in [0.5, 0.6) is 0 Å². The first-order valence-corrected chi connectivity index (χ1v) is 4.48. The molecule has 0 aliphatic rings. The van der Waals surface area contributed by atoms with Gasteiger partial charge in [0, 0.05) is 17.0 Å². The number of carbonyl (C=O) groups excluding carboxylic acids is 2. The third-order valence-corrected chi connectivity index (χ3v) is 2.17. The maximum atomic E-state index is 13.2. The number of carbonyl (C=O) groups is 2. The van der Waals surface area contributed by atoms with E-state index >= 15 is 0 Å². The third kappa shape index (κ3) is 2.76. The van der Waals surface area contributed by atoms with E-state index in [2.05, 4.69) is 4.74 Å². The molecule has 15 heavy (non-hydrogen) atoms. The average molecular weight is 231 g/mol. The second kappa shape index (κ2) is 4.89. The van der Waals surface area contributed by atoms with Crippen LogP contribution in [-0.4, -0.2) is 18.9 Å². The van der Waals surface area contributed by atoms with Gasteiger partial charge in [-0.2, -0.15) is 0 Å². The average Bonchev–Trinajstić information content (AvgIpc) is 2.22. The summed E-state index contributed by atoms with van der Waals surface area (Å²) in [7, 11) is 1.09. The van der Waals surface area contributed by atoms with Crippen LogP contribution in [0.3, 0.4) is 0 Å². The molecule has 1 aromatic carbocycles. The van der Waals surface area contributed by atoms with E-state index in [1.165, 1.54) is 18.2 Å². The first-order chi connectivity index (χ1) is 7.06. The van der Waals surface area contributed by atoms with Crippen LogP contribution in [-0.2, 0) is 20.7 Å². The Morgan fingerprint density at radius 1 is 1.47 bits per heavy atom. The summed E-state index contributed by atoms with van der Waals surface area (Å²) in [6.45, 7) is 0. The number of ketones is 1. The fourth-order valence-corrected chi connectivity index (χ4v) is 1.28. The Morgan fingerprint density at radius 2 is 2.13 bits per heavy atom. The second-order valence-electron chi connectivity index (χ2n) is 2.79. The van der Waals surface area contributed by atoms with Crippen molar-refractivity contribution in [2.45, 2.75) is 6.42 Å². The summed E-state index contributed by atoms with van der Waals surface area (Å²) in [6.07, 6.45) is -0.391. The highest BCUT2D eigenvalue weighted by atomic mass is 35.5. The largest absolute Gasteiger partial charge is 0.463 e. The summed E-state index contributed by atoms with van der Waals surface area (Å²) in [5.74, 6) is -2.45. The molecular formula is C10H8ClFO3. The van der Waals surface area contributed by atoms with Gasteiger partial charge in [-0.05, 0) is 12.1 Å². The fourth-order valence-electron chi connectivity index (χ4n) is 1.05. The number of methoxy groups -OCH3 is 1. The lowest BCUT2D eigenvalue weighted by atomic mass is 10.1. The molecule has 0 atom stereocenters. The highest BCUT2D eigenvalue weighted by Gasteiger charge is 2.18. The fraction of sp³-hybridized carbons (Fsp3) is 0.200. The Kier molecular flexibility index (Phi) is 3.80. The van der Waals surface area contributed by atoms with Gasteiger partial charge in [0.25, 0.3) is 0 Å². The van der Waals surface area contributed by atoms with Gasteiger partial charge in [-0.3, -0.25) is 4.79 Å². The summed E-state index contributed by atoms with van der Waals surface area (Å²) in [5, 5.41) is 0.118. The lowest BCUT2D eigenvalue weighted by Gasteiger charge is -2.03. The Morgan fingerprint density at radius 3 is 2.67 bits per heavy atom. The lowest BCUT2D eigenvalue weighted by Crippen LogP contribution is -2.18. The molecule has 0 bridgehead atoms. The SMILES string of the molecule is COC(=O)C(=O)Cc1c(F)cccc1Cl. The van der Waals surface area contributed by atoms with Crippen molar-refractivity contribution < 1.29 is 18.7 Å². The normalized spacial score (nSPS) is 9.80. The van der Waals surface area contributed by atoms with E-state index in [1.807, 2.05) is 0 Å². The van der Waals surface area contributed by atoms with Gasteiger partial charge in [0.2, 0.25) is 5.78 Å². The lowest BCUT2D eigenvalue weighted by molar-refractivity contribution is -0.151. The molecule has 0 N–H and O–H groups in total. The van der Waals surface area contributed by atoms with Crippen LogP contribution in [0.4, 0.5) is 4.39 Å². The zero-order valence-corrected chi connectivity index (χ0v) is 8.68. The molecule has 0 radical (unpaired) electrons. The first kappa shape index (κ1) is 11.7. The molecule has 0 saturated carbocycles. The van der Waals surface area contributed by atoms with Gasteiger partial charge < -0.3 is 4.74 Å². The smallest absolute Gasteiger partial charge is 0.374 e. The summed E-state index contributed by atoms with van der Waals surface area (Å²) in [4.78, 5) is 21.9. The molecule has 0 fully saturated rings. The number of hydrogen-bond acceptors (Lipinski definition) is 3. The van der Waals surface area contributed by atoms with Crippen molar-refractivity contribution in [2.75, 3.05) is 7.11 Å². The standard InChI is InChI=1S/C10H8ClFO3/c1-15-10(14)9(13)5-6-7(11)3-2-4-8(6)12/h2-4H,5H2,1H3. The van der Waals surface area contributed by atoms with Crippen molar-refractivity contribution in [3.63, 3.8) is 0 Å². The molecule has 0 aromatic heterocycles. The topological polar surface area (TPSA) is 43.4 Å². The monoisotopic (exact) mass is 230 g/mol. The van der Waals surface area contributed by atoms with E-state index in [-0.39, 0.29) is 10.6 Å². The Balaban J connectivity index is 2.90. The van der Waals surface area contributed by atoms with Crippen molar-refractivity contribution in [3.05, 3.63) is 34.6 Å². The predicted octanol–water partition coefficient (Wildman–Crippen LogP) is 1.76. The van der Waals surface area contributed by atoms with Gasteiger partial charge in [-0.1, -0.05) is 17.7 Å². The zero-order chi connectivity index (χ0) is 11.4. The number of halogens is 2. The minimum Gasteiger partial charge on any atom is -0.463 e. The molecule has 0 amide bonds. The molecule has 0 aliphatic heterocycles. The highest BCUT2D eigenvalue weighted by molar-refractivity contribution is 6.35. The predicted molar refractivity (Wildman–Crippen MR) is 52.1 cm³/mol. The van der Waals surface area contributed by atoms with Crippen molar-refractivity contribution in [1.82, 2.24) is 0 Å². The maximum absolute atomic E-state index is 13.2. The minimum absolute atomic E-state index is 0.00886. The Bertz CT molecular complexity index is 383. The maximum Gasteiger partial charge on any atom is 0.374 e. The summed E-state index contributed by atoms with van der Waals surface area (Å²) in [6, 6.07) is 4.04. The van der Waals surface area contributed by atoms with Gasteiger partial charge in [0.1, 0.15) is 5.82 Å². The molecule has 1 rings (SSSR count). The minimum atomic E-state index is -1.01. The van der Waals surface area contributed by atoms with E-state index in [0.717, 1.165) is 7.11 Å². The molecule has 0 unspecified atom stereocenters. The molecule has 3 nitrogen and oxygen atoms in total. The second-order valence-corrected chi connectivity index (χ2v) is 3.20. The zero-order valence-electron chi connectivity index (χ0n) is 7.92. The van der Waals surface area contributed by atoms with Crippen molar-refractivity contribution in [2.24, 2.45) is 0 Å². The number of Topliss-reactive ketones (excluding diaryl/α,β-unsaturated/α-hetero) is 1. The Hall–Kier alpha value is -1.42. The quantitative estimate of drug-likeness (QED) is 0.587. The molecule has 0 spiro atoms. The van der Waals surface area contributed by atoms with Crippen molar-refractivity contribution in [1.29, 1.82) is 0 Å². The Labute approximate surface area is 90.8 Å². The number of esters is 1. The van der Waals surface area contributed by atoms with Gasteiger partial charge in [-0.15, -0.1) is 0 Å². The molecule has 0 aliphatic carbocycles. The third-order valence-electron chi connectivity index (χ3n) is 1.81. The summed E-state index contributed by atoms with van der Waals surface area (Å²) >= 11 is 5.68. The van der Waals surface area contributed by atoms with Crippen LogP contribution in [0.2, 0.25) is 5.02 Å². The van der Waals surface area contributed by atoms with Gasteiger partial charge in [0.15, 0.2) is 0 Å². The first-order valence-electron chi connectivity index (χ1n) is 4.10. The number of benzene rings is 1.